The van der Waals surface area contributed by atoms with Crippen molar-refractivity contribution in [3.63, 3.8) is 0 Å². The molecule has 2 aliphatic rings. The van der Waals surface area contributed by atoms with Gasteiger partial charge in [0.2, 0.25) is 0 Å². The lowest BCUT2D eigenvalue weighted by molar-refractivity contribution is 0.0376. The number of nitrogens with zero attached hydrogens (tertiary/aromatic N) is 3. The lowest BCUT2D eigenvalue weighted by Crippen LogP contribution is -2.40. The van der Waals surface area contributed by atoms with Gasteiger partial charge in [-0.05, 0) is 43.7 Å². The van der Waals surface area contributed by atoms with E-state index in [1.807, 2.05) is 17.0 Å². The fourth-order valence-electron chi connectivity index (χ4n) is 3.55. The molecule has 6 heteroatoms. The molecular formula is C17H25N3O3. The highest BCUT2D eigenvalue weighted by molar-refractivity contribution is 5.99. The Bertz CT molecular complexity index is 538. The number of aliphatic hydroxyl groups excluding tert-OH is 2. The average Bonchev–Trinajstić information content (AvgIpc) is 3.15. The molecule has 126 valence electrons. The minimum Gasteiger partial charge on any atom is -0.394 e. The molecule has 23 heavy (non-hydrogen) atoms. The Hall–Kier alpha value is -1.66. The molecule has 1 amide bonds. The Kier molecular flexibility index (Phi) is 5.13. The topological polar surface area (TPSA) is 76.9 Å². The number of rotatable bonds is 4. The third-order valence-corrected chi connectivity index (χ3v) is 4.98. The van der Waals surface area contributed by atoms with Crippen LogP contribution in [0.4, 0.5) is 5.82 Å². The van der Waals surface area contributed by atoms with Gasteiger partial charge in [-0.15, -0.1) is 0 Å². The lowest BCUT2D eigenvalue weighted by Gasteiger charge is -2.35. The van der Waals surface area contributed by atoms with Gasteiger partial charge in [0.1, 0.15) is 5.82 Å². The van der Waals surface area contributed by atoms with Crippen LogP contribution in [0, 0.1) is 5.92 Å². The Morgan fingerprint density at radius 3 is 2.61 bits per heavy atom. The Labute approximate surface area is 136 Å². The van der Waals surface area contributed by atoms with Crippen molar-refractivity contribution in [1.82, 2.24) is 9.88 Å². The number of aliphatic hydroxyl groups is 2. The van der Waals surface area contributed by atoms with Crippen LogP contribution in [0.15, 0.2) is 18.3 Å². The van der Waals surface area contributed by atoms with E-state index in [0.717, 1.165) is 57.7 Å². The zero-order valence-electron chi connectivity index (χ0n) is 13.4. The summed E-state index contributed by atoms with van der Waals surface area (Å²) in [5, 5.41) is 18.9. The number of pyridine rings is 1. The Morgan fingerprint density at radius 1 is 1.26 bits per heavy atom. The van der Waals surface area contributed by atoms with Crippen molar-refractivity contribution in [3.05, 3.63) is 23.9 Å². The normalized spacial score (nSPS) is 20.8. The van der Waals surface area contributed by atoms with E-state index in [4.69, 9.17) is 5.11 Å². The van der Waals surface area contributed by atoms with Gasteiger partial charge in [0, 0.05) is 32.4 Å². The first-order valence-electron chi connectivity index (χ1n) is 8.49. The van der Waals surface area contributed by atoms with Gasteiger partial charge in [0.05, 0.1) is 18.3 Å². The van der Waals surface area contributed by atoms with Gasteiger partial charge in [-0.3, -0.25) is 4.79 Å². The van der Waals surface area contributed by atoms with Gasteiger partial charge in [-0.2, -0.15) is 0 Å². The molecule has 2 saturated heterocycles. The van der Waals surface area contributed by atoms with Gasteiger partial charge < -0.3 is 20.0 Å². The number of piperidine rings is 1. The van der Waals surface area contributed by atoms with E-state index in [9.17, 15) is 9.90 Å². The van der Waals surface area contributed by atoms with Crippen molar-refractivity contribution in [2.45, 2.75) is 31.8 Å². The zero-order chi connectivity index (χ0) is 16.2. The molecule has 2 fully saturated rings. The maximum atomic E-state index is 12.7. The summed E-state index contributed by atoms with van der Waals surface area (Å²) in [5.41, 5.74) is 0.676. The fourth-order valence-corrected chi connectivity index (χ4v) is 3.55. The minimum absolute atomic E-state index is 0.0723. The molecule has 0 bridgehead atoms. The standard InChI is InChI=1S/C17H25N3O3/c21-12-15(22)13-5-10-19(11-6-13)16-14(4-3-7-18-16)17(23)20-8-1-2-9-20/h3-4,7,13,15,21-22H,1-2,5-6,8-12H2. The van der Waals surface area contributed by atoms with Crippen LogP contribution in [-0.2, 0) is 0 Å². The number of aromatic nitrogens is 1. The number of hydrogen-bond donors (Lipinski definition) is 2. The molecule has 0 saturated carbocycles. The Morgan fingerprint density at radius 2 is 1.96 bits per heavy atom. The van der Waals surface area contributed by atoms with E-state index in [0.29, 0.717) is 5.56 Å². The molecule has 3 heterocycles. The number of carbonyl (C=O) groups excluding carboxylic acids is 1. The lowest BCUT2D eigenvalue weighted by atomic mass is 9.91. The van der Waals surface area contributed by atoms with E-state index in [1.54, 1.807) is 6.20 Å². The number of likely N-dealkylation sites (tertiary alicyclic amines) is 1. The summed E-state index contributed by atoms with van der Waals surface area (Å²) >= 11 is 0. The monoisotopic (exact) mass is 319 g/mol. The van der Waals surface area contributed by atoms with Crippen LogP contribution < -0.4 is 4.90 Å². The molecule has 1 aromatic heterocycles. The maximum absolute atomic E-state index is 12.7. The first-order valence-corrected chi connectivity index (χ1v) is 8.49. The molecule has 2 N–H and O–H groups in total. The number of anilines is 1. The van der Waals surface area contributed by atoms with E-state index in [-0.39, 0.29) is 18.4 Å². The molecule has 1 atom stereocenters. The van der Waals surface area contributed by atoms with Crippen molar-refractivity contribution in [1.29, 1.82) is 0 Å². The van der Waals surface area contributed by atoms with Crippen molar-refractivity contribution in [2.75, 3.05) is 37.7 Å². The summed E-state index contributed by atoms with van der Waals surface area (Å²) in [5.74, 6) is 0.946. The van der Waals surface area contributed by atoms with Gasteiger partial charge in [0.25, 0.3) is 5.91 Å². The summed E-state index contributed by atoms with van der Waals surface area (Å²) in [7, 11) is 0. The van der Waals surface area contributed by atoms with Gasteiger partial charge in [-0.1, -0.05) is 0 Å². The summed E-state index contributed by atoms with van der Waals surface area (Å²) in [4.78, 5) is 21.2. The predicted molar refractivity (Wildman–Crippen MR) is 87.4 cm³/mol. The summed E-state index contributed by atoms with van der Waals surface area (Å²) in [6.07, 6.45) is 4.83. The van der Waals surface area contributed by atoms with Gasteiger partial charge in [-0.25, -0.2) is 4.98 Å². The van der Waals surface area contributed by atoms with E-state index < -0.39 is 6.10 Å². The molecule has 2 aliphatic heterocycles. The summed E-state index contributed by atoms with van der Waals surface area (Å²) in [6.45, 7) is 2.97. The summed E-state index contributed by atoms with van der Waals surface area (Å²) in [6, 6.07) is 3.67. The third-order valence-electron chi connectivity index (χ3n) is 4.98. The largest absolute Gasteiger partial charge is 0.394 e. The molecular weight excluding hydrogens is 294 g/mol. The molecule has 1 unspecified atom stereocenters. The second-order valence-corrected chi connectivity index (χ2v) is 6.45. The van der Waals surface area contributed by atoms with Crippen LogP contribution in [-0.4, -0.2) is 64.9 Å². The second-order valence-electron chi connectivity index (χ2n) is 6.45. The molecule has 0 radical (unpaired) electrons. The predicted octanol–water partition coefficient (Wildman–Crippen LogP) is 0.887. The van der Waals surface area contributed by atoms with Crippen LogP contribution in [0.25, 0.3) is 0 Å². The van der Waals surface area contributed by atoms with Crippen LogP contribution in [0.1, 0.15) is 36.0 Å². The van der Waals surface area contributed by atoms with E-state index in [2.05, 4.69) is 9.88 Å². The second kappa shape index (κ2) is 7.27. The molecule has 0 aromatic carbocycles. The number of carbonyl (C=O) groups is 1. The Balaban J connectivity index is 1.72. The van der Waals surface area contributed by atoms with Crippen LogP contribution in [0.2, 0.25) is 0 Å². The smallest absolute Gasteiger partial charge is 0.257 e. The maximum Gasteiger partial charge on any atom is 0.257 e. The van der Waals surface area contributed by atoms with Crippen LogP contribution >= 0.6 is 0 Å². The molecule has 0 spiro atoms. The van der Waals surface area contributed by atoms with E-state index >= 15 is 0 Å². The third kappa shape index (κ3) is 3.48. The van der Waals surface area contributed by atoms with Crippen molar-refractivity contribution in [2.24, 2.45) is 5.92 Å². The van der Waals surface area contributed by atoms with E-state index in [1.165, 1.54) is 0 Å². The van der Waals surface area contributed by atoms with Gasteiger partial charge >= 0.3 is 0 Å². The summed E-state index contributed by atoms with van der Waals surface area (Å²) < 4.78 is 0. The van der Waals surface area contributed by atoms with Crippen LogP contribution in [0.3, 0.4) is 0 Å². The number of amides is 1. The van der Waals surface area contributed by atoms with Gasteiger partial charge in [0.15, 0.2) is 0 Å². The zero-order valence-corrected chi connectivity index (χ0v) is 13.4. The van der Waals surface area contributed by atoms with Crippen LogP contribution in [0.5, 0.6) is 0 Å². The SMILES string of the molecule is O=C(c1cccnc1N1CCC(C(O)CO)CC1)N1CCCC1. The molecule has 3 rings (SSSR count). The van der Waals surface area contributed by atoms with Crippen molar-refractivity contribution >= 4 is 11.7 Å². The minimum atomic E-state index is -0.647. The average molecular weight is 319 g/mol. The molecule has 6 nitrogen and oxygen atoms in total. The quantitative estimate of drug-likeness (QED) is 0.862. The number of hydrogen-bond acceptors (Lipinski definition) is 5. The van der Waals surface area contributed by atoms with Crippen molar-refractivity contribution in [3.8, 4) is 0 Å². The first-order chi connectivity index (χ1) is 11.2. The highest BCUT2D eigenvalue weighted by Gasteiger charge is 2.29. The molecule has 1 aromatic rings. The first kappa shape index (κ1) is 16.2. The highest BCUT2D eigenvalue weighted by Crippen LogP contribution is 2.27. The highest BCUT2D eigenvalue weighted by atomic mass is 16.3. The van der Waals surface area contributed by atoms with Crippen molar-refractivity contribution < 1.29 is 15.0 Å². The fraction of sp³-hybridized carbons (Fsp3) is 0.647. The molecule has 0 aliphatic carbocycles.